The molecule has 1 heterocycles. The summed E-state index contributed by atoms with van der Waals surface area (Å²) < 4.78 is 53.4. The van der Waals surface area contributed by atoms with Crippen molar-refractivity contribution in [2.75, 3.05) is 5.32 Å². The number of anilines is 1. The number of thiocarbonyl (C=S) groups is 1. The smallest absolute Gasteiger partial charge is 0.384 e. The van der Waals surface area contributed by atoms with Crippen LogP contribution in [-0.2, 0) is 11.3 Å². The fraction of sp³-hybridized carbons (Fsp3) is 0.250. The van der Waals surface area contributed by atoms with Gasteiger partial charge in [0.15, 0.2) is 5.78 Å². The fourth-order valence-electron chi connectivity index (χ4n) is 3.08. The second-order valence-electron chi connectivity index (χ2n) is 6.71. The van der Waals surface area contributed by atoms with E-state index < -0.39 is 36.5 Å². The quantitative estimate of drug-likeness (QED) is 0.477. The van der Waals surface area contributed by atoms with E-state index in [2.05, 4.69) is 15.6 Å². The van der Waals surface area contributed by atoms with Crippen LogP contribution in [0.15, 0.2) is 54.0 Å². The number of carbonyl (C=O) groups is 1. The van der Waals surface area contributed by atoms with Gasteiger partial charge in [-0.15, -0.1) is 0 Å². The zero-order chi connectivity index (χ0) is 21.9. The normalized spacial score (nSPS) is 17.1. The van der Waals surface area contributed by atoms with E-state index in [1.807, 2.05) is 0 Å². The van der Waals surface area contributed by atoms with E-state index in [9.17, 15) is 22.4 Å². The first-order valence-electron chi connectivity index (χ1n) is 8.87. The number of nitrogens with one attached hydrogen (secondary N) is 2. The van der Waals surface area contributed by atoms with E-state index in [-0.39, 0.29) is 28.5 Å². The Morgan fingerprint density at radius 1 is 1.27 bits per heavy atom. The maximum Gasteiger partial charge on any atom is 0.392 e. The molecule has 1 aliphatic rings. The summed E-state index contributed by atoms with van der Waals surface area (Å²) in [5.74, 6) is -3.07. The lowest BCUT2D eigenvalue weighted by atomic mass is 9.85. The molecule has 4 nitrogen and oxygen atoms in total. The van der Waals surface area contributed by atoms with Crippen LogP contribution in [0.25, 0.3) is 0 Å². The first kappa shape index (κ1) is 22.2. The molecule has 3 rings (SSSR count). The highest BCUT2D eigenvalue weighted by Crippen LogP contribution is 2.38. The van der Waals surface area contributed by atoms with Crippen LogP contribution < -0.4 is 10.6 Å². The summed E-state index contributed by atoms with van der Waals surface area (Å²) in [6, 6.07) is 7.00. The van der Waals surface area contributed by atoms with Gasteiger partial charge >= 0.3 is 6.18 Å². The van der Waals surface area contributed by atoms with Crippen molar-refractivity contribution in [1.82, 2.24) is 10.3 Å². The van der Waals surface area contributed by atoms with Gasteiger partial charge < -0.3 is 10.6 Å². The summed E-state index contributed by atoms with van der Waals surface area (Å²) in [7, 11) is 0. The van der Waals surface area contributed by atoms with E-state index in [1.165, 1.54) is 36.7 Å². The number of nitrogens with zero attached hydrogens (tertiary/aromatic N) is 1. The first-order valence-corrected chi connectivity index (χ1v) is 9.66. The number of aromatic nitrogens is 1. The van der Waals surface area contributed by atoms with Gasteiger partial charge in [-0.05, 0) is 36.2 Å². The average Bonchev–Trinajstić information content (AvgIpc) is 2.66. The number of rotatable bonds is 5. The molecule has 1 aromatic heterocycles. The van der Waals surface area contributed by atoms with E-state index >= 15 is 0 Å². The Hall–Kier alpha value is -2.52. The molecule has 0 fully saturated rings. The molecule has 0 bridgehead atoms. The first-order chi connectivity index (χ1) is 14.1. The Morgan fingerprint density at radius 3 is 2.70 bits per heavy atom. The average molecular weight is 458 g/mol. The summed E-state index contributed by atoms with van der Waals surface area (Å²) in [6.07, 6.45) is -2.75. The van der Waals surface area contributed by atoms with Gasteiger partial charge in [0.05, 0.1) is 16.5 Å². The highest BCUT2D eigenvalue weighted by atomic mass is 35.5. The number of carbonyl (C=O) groups excluding carboxylic acids is 1. The molecule has 1 aromatic carbocycles. The molecule has 158 valence electrons. The minimum atomic E-state index is -4.53. The van der Waals surface area contributed by atoms with Gasteiger partial charge in [-0.25, -0.2) is 4.39 Å². The van der Waals surface area contributed by atoms with Gasteiger partial charge in [0.2, 0.25) is 0 Å². The SMILES string of the molecule is O=C1CC(C(F)(F)F)CC(NCc2ccncc2Cl)=C1C(=S)Nc1cccc(F)c1. The summed E-state index contributed by atoms with van der Waals surface area (Å²) in [6.45, 7) is 0.0840. The molecule has 0 saturated carbocycles. The third-order valence-corrected chi connectivity index (χ3v) is 5.23. The Labute approximate surface area is 180 Å². The predicted octanol–water partition coefficient (Wildman–Crippen LogP) is 5.20. The van der Waals surface area contributed by atoms with Crippen molar-refractivity contribution in [2.45, 2.75) is 25.6 Å². The van der Waals surface area contributed by atoms with E-state index in [0.29, 0.717) is 10.6 Å². The van der Waals surface area contributed by atoms with Crippen molar-refractivity contribution in [1.29, 1.82) is 0 Å². The molecular formula is C20H16ClF4N3OS. The molecule has 0 radical (unpaired) electrons. The number of pyridine rings is 1. The van der Waals surface area contributed by atoms with Crippen molar-refractivity contribution in [2.24, 2.45) is 5.92 Å². The number of benzene rings is 1. The minimum absolute atomic E-state index is 0.0417. The Bertz CT molecular complexity index is 1010. The maximum atomic E-state index is 13.4. The topological polar surface area (TPSA) is 54.0 Å². The Morgan fingerprint density at radius 2 is 2.03 bits per heavy atom. The van der Waals surface area contributed by atoms with Crippen LogP contribution in [0.3, 0.4) is 0 Å². The van der Waals surface area contributed by atoms with Crippen LogP contribution in [-0.4, -0.2) is 21.9 Å². The maximum absolute atomic E-state index is 13.4. The highest BCUT2D eigenvalue weighted by Gasteiger charge is 2.45. The van der Waals surface area contributed by atoms with Crippen molar-refractivity contribution in [3.63, 3.8) is 0 Å². The zero-order valence-corrected chi connectivity index (χ0v) is 17.0. The molecule has 1 atom stereocenters. The molecule has 0 aliphatic heterocycles. The number of halogens is 5. The van der Waals surface area contributed by atoms with Crippen LogP contribution in [0.2, 0.25) is 5.02 Å². The monoisotopic (exact) mass is 457 g/mol. The lowest BCUT2D eigenvalue weighted by Gasteiger charge is -2.29. The van der Waals surface area contributed by atoms with Gasteiger partial charge in [0.25, 0.3) is 0 Å². The Balaban J connectivity index is 1.90. The fourth-order valence-corrected chi connectivity index (χ4v) is 3.62. The highest BCUT2D eigenvalue weighted by molar-refractivity contribution is 7.81. The lowest BCUT2D eigenvalue weighted by Crippen LogP contribution is -2.37. The van der Waals surface area contributed by atoms with Crippen molar-refractivity contribution in [3.8, 4) is 0 Å². The van der Waals surface area contributed by atoms with Gasteiger partial charge in [0.1, 0.15) is 10.8 Å². The van der Waals surface area contributed by atoms with Gasteiger partial charge in [-0.1, -0.05) is 29.9 Å². The standard InChI is InChI=1S/C20H16ClF4N3OS/c21-15-10-26-5-4-11(15)9-27-16-6-12(20(23,24)25)7-17(29)18(16)19(30)28-14-3-1-2-13(22)8-14/h1-5,8,10,12,27H,6-7,9H2,(H,28,30). The molecule has 0 spiro atoms. The zero-order valence-electron chi connectivity index (χ0n) is 15.4. The molecule has 1 aliphatic carbocycles. The summed E-state index contributed by atoms with van der Waals surface area (Å²) in [5.41, 5.74) is 0.911. The largest absolute Gasteiger partial charge is 0.392 e. The summed E-state index contributed by atoms with van der Waals surface area (Å²) in [5, 5.41) is 5.95. The molecule has 2 N–H and O–H groups in total. The number of hydrogen-bond acceptors (Lipinski definition) is 4. The third-order valence-electron chi connectivity index (χ3n) is 4.58. The van der Waals surface area contributed by atoms with Gasteiger partial charge in [0, 0.05) is 36.7 Å². The summed E-state index contributed by atoms with van der Waals surface area (Å²) >= 11 is 11.3. The number of ketones is 1. The predicted molar refractivity (Wildman–Crippen MR) is 110 cm³/mol. The van der Waals surface area contributed by atoms with Crippen LogP contribution in [0, 0.1) is 11.7 Å². The molecule has 0 saturated heterocycles. The van der Waals surface area contributed by atoms with Crippen LogP contribution >= 0.6 is 23.8 Å². The second-order valence-corrected chi connectivity index (χ2v) is 7.52. The molecular weight excluding hydrogens is 442 g/mol. The molecule has 10 heteroatoms. The van der Waals surface area contributed by atoms with Crippen molar-refractivity contribution in [3.05, 3.63) is 70.4 Å². The molecule has 0 amide bonds. The second kappa shape index (κ2) is 9.09. The van der Waals surface area contributed by atoms with Gasteiger partial charge in [-0.3, -0.25) is 9.78 Å². The van der Waals surface area contributed by atoms with Crippen LogP contribution in [0.5, 0.6) is 0 Å². The molecule has 30 heavy (non-hydrogen) atoms. The molecule has 2 aromatic rings. The van der Waals surface area contributed by atoms with Gasteiger partial charge in [-0.2, -0.15) is 13.2 Å². The van der Waals surface area contributed by atoms with Crippen LogP contribution in [0.1, 0.15) is 18.4 Å². The van der Waals surface area contributed by atoms with Crippen molar-refractivity contribution >= 4 is 40.3 Å². The van der Waals surface area contributed by atoms with E-state index in [0.717, 1.165) is 0 Å². The minimum Gasteiger partial charge on any atom is -0.384 e. The van der Waals surface area contributed by atoms with E-state index in [1.54, 1.807) is 6.07 Å². The lowest BCUT2D eigenvalue weighted by molar-refractivity contribution is -0.179. The van der Waals surface area contributed by atoms with Crippen LogP contribution in [0.4, 0.5) is 23.2 Å². The van der Waals surface area contributed by atoms with Crippen molar-refractivity contribution < 1.29 is 22.4 Å². The number of allylic oxidation sites excluding steroid dienone is 1. The third kappa shape index (κ3) is 5.34. The Kier molecular flexibility index (Phi) is 6.72. The number of hydrogen-bond donors (Lipinski definition) is 2. The van der Waals surface area contributed by atoms with E-state index in [4.69, 9.17) is 23.8 Å². The summed E-state index contributed by atoms with van der Waals surface area (Å²) in [4.78, 5) is 16.4. The number of Topliss-reactive ketones (excluding diaryl/α,β-unsaturated/α-hetero) is 1. The number of alkyl halides is 3. The molecule has 1 unspecified atom stereocenters.